The molecule has 3 rings (SSSR count). The van der Waals surface area contributed by atoms with Crippen molar-refractivity contribution in [2.45, 2.75) is 38.4 Å². The first-order valence-corrected chi connectivity index (χ1v) is 10.8. The van der Waals surface area contributed by atoms with Crippen LogP contribution in [0.1, 0.15) is 42.0 Å². The van der Waals surface area contributed by atoms with Gasteiger partial charge in [0.05, 0.1) is 12.2 Å². The van der Waals surface area contributed by atoms with E-state index in [1.54, 1.807) is 12.3 Å². The van der Waals surface area contributed by atoms with E-state index in [4.69, 9.17) is 0 Å². The van der Waals surface area contributed by atoms with Crippen molar-refractivity contribution >= 4 is 21.6 Å². The fourth-order valence-electron chi connectivity index (χ4n) is 3.78. The average Bonchev–Trinajstić information content (AvgIpc) is 2.68. The van der Waals surface area contributed by atoms with Crippen molar-refractivity contribution in [2.24, 2.45) is 5.92 Å². The second-order valence-electron chi connectivity index (χ2n) is 7.90. The van der Waals surface area contributed by atoms with Gasteiger partial charge in [-0.25, -0.2) is 9.40 Å². The molecule has 1 heterocycles. The van der Waals surface area contributed by atoms with Gasteiger partial charge in [-0.15, -0.1) is 0 Å². The topological polar surface area (TPSA) is 31.4 Å². The van der Waals surface area contributed by atoms with Crippen molar-refractivity contribution in [1.29, 1.82) is 0 Å². The lowest BCUT2D eigenvalue weighted by Crippen LogP contribution is -2.37. The Labute approximate surface area is 181 Å². The van der Waals surface area contributed by atoms with Gasteiger partial charge in [0.2, 0.25) is 0 Å². The lowest BCUT2D eigenvalue weighted by molar-refractivity contribution is 0.0792. The van der Waals surface area contributed by atoms with Crippen molar-refractivity contribution in [2.75, 3.05) is 26.5 Å². The van der Waals surface area contributed by atoms with Gasteiger partial charge in [0.15, 0.2) is 0 Å². The fraction of sp³-hybridized carbons (Fsp3) is 0.435. The molecule has 1 unspecified atom stereocenters. The van der Waals surface area contributed by atoms with Crippen LogP contribution in [0.15, 0.2) is 53.3 Å². The molecule has 0 spiro atoms. The molecule has 2 aromatic rings. The summed E-state index contributed by atoms with van der Waals surface area (Å²) in [5.41, 5.74) is 4.74. The molecular weight excluding hydrogens is 431 g/mol. The van der Waals surface area contributed by atoms with E-state index in [0.29, 0.717) is 23.9 Å². The molecule has 4 nitrogen and oxygen atoms in total. The van der Waals surface area contributed by atoms with Crippen LogP contribution in [0.4, 0.5) is 10.1 Å². The number of rotatable bonds is 9. The molecule has 0 saturated heterocycles. The highest BCUT2D eigenvalue weighted by Crippen LogP contribution is 2.44. The molecule has 0 aliphatic heterocycles. The third-order valence-corrected chi connectivity index (χ3v) is 6.31. The molecule has 1 aliphatic rings. The number of hydrazine groups is 1. The maximum atomic E-state index is 13.3. The van der Waals surface area contributed by atoms with Crippen molar-refractivity contribution < 1.29 is 4.39 Å². The van der Waals surface area contributed by atoms with Crippen molar-refractivity contribution in [3.05, 3.63) is 70.1 Å². The number of alkyl halides is 1. The summed E-state index contributed by atoms with van der Waals surface area (Å²) in [6, 6.07) is 10.3. The molecule has 0 bridgehead atoms. The van der Waals surface area contributed by atoms with Crippen LogP contribution in [0, 0.1) is 5.92 Å². The predicted molar refractivity (Wildman–Crippen MR) is 121 cm³/mol. The number of aromatic nitrogens is 1. The summed E-state index contributed by atoms with van der Waals surface area (Å²) < 4.78 is 14.1. The summed E-state index contributed by atoms with van der Waals surface area (Å²) in [5.74, 6) is 0.927. The van der Waals surface area contributed by atoms with Crippen LogP contribution in [0.2, 0.25) is 0 Å². The molecule has 1 atom stereocenters. The van der Waals surface area contributed by atoms with Gasteiger partial charge in [-0.2, -0.15) is 0 Å². The van der Waals surface area contributed by atoms with Crippen LogP contribution in [0.25, 0.3) is 0 Å². The minimum Gasteiger partial charge on any atom is -0.379 e. The number of hydrogen-bond donors (Lipinski definition) is 1. The summed E-state index contributed by atoms with van der Waals surface area (Å²) in [5, 5.41) is 7.61. The molecule has 1 aromatic heterocycles. The van der Waals surface area contributed by atoms with E-state index in [-0.39, 0.29) is 0 Å². The summed E-state index contributed by atoms with van der Waals surface area (Å²) in [4.78, 5) is 4.37. The van der Waals surface area contributed by atoms with E-state index in [0.717, 1.165) is 21.6 Å². The second kappa shape index (κ2) is 9.72. The van der Waals surface area contributed by atoms with Crippen LogP contribution in [0.5, 0.6) is 0 Å². The monoisotopic (exact) mass is 460 g/mol. The Morgan fingerprint density at radius 1 is 1.31 bits per heavy atom. The first-order valence-electron chi connectivity index (χ1n) is 10.0. The Balaban J connectivity index is 1.79. The van der Waals surface area contributed by atoms with Crippen molar-refractivity contribution in [3.63, 3.8) is 0 Å². The first-order chi connectivity index (χ1) is 13.9. The molecule has 6 heteroatoms. The van der Waals surface area contributed by atoms with Gasteiger partial charge in [-0.3, -0.25) is 4.98 Å². The van der Waals surface area contributed by atoms with Gasteiger partial charge in [-0.1, -0.05) is 25.1 Å². The highest BCUT2D eigenvalue weighted by Gasteiger charge is 2.32. The third kappa shape index (κ3) is 5.17. The number of anilines is 1. The minimum absolute atomic E-state index is 0.296. The van der Waals surface area contributed by atoms with E-state index in [2.05, 4.69) is 68.1 Å². The zero-order chi connectivity index (χ0) is 21.0. The predicted octanol–water partition coefficient (Wildman–Crippen LogP) is 5.73. The van der Waals surface area contributed by atoms with Gasteiger partial charge in [0, 0.05) is 54.7 Å². The summed E-state index contributed by atoms with van der Waals surface area (Å²) in [7, 11) is 6.14. The van der Waals surface area contributed by atoms with Gasteiger partial charge in [0.25, 0.3) is 0 Å². The van der Waals surface area contributed by atoms with Crippen LogP contribution < -0.4 is 5.32 Å². The molecule has 1 fully saturated rings. The number of benzene rings is 1. The van der Waals surface area contributed by atoms with Crippen LogP contribution in [-0.4, -0.2) is 36.1 Å². The number of pyridine rings is 1. The lowest BCUT2D eigenvalue weighted by Gasteiger charge is -2.40. The molecule has 156 valence electrons. The van der Waals surface area contributed by atoms with Crippen LogP contribution in [0.3, 0.4) is 0 Å². The number of nitrogens with one attached hydrogen (secondary N) is 1. The SMILES string of the molecule is C=C(C(c1cccc(NCc2ncc(Br)cc2CF)c1)C1CCC1)N(C)N(C)C. The Hall–Kier alpha value is -1.92. The summed E-state index contributed by atoms with van der Waals surface area (Å²) in [6.45, 7) is 4.38. The zero-order valence-corrected chi connectivity index (χ0v) is 19.0. The molecule has 1 aromatic carbocycles. The fourth-order valence-corrected chi connectivity index (χ4v) is 4.16. The number of halogens is 2. The van der Waals surface area contributed by atoms with Crippen LogP contribution in [-0.2, 0) is 13.2 Å². The quantitative estimate of drug-likeness (QED) is 0.484. The molecule has 0 radical (unpaired) electrons. The Morgan fingerprint density at radius 3 is 2.69 bits per heavy atom. The van der Waals surface area contributed by atoms with E-state index in [1.165, 1.54) is 24.8 Å². The standard InChI is InChI=1S/C23H30BrFN4/c1-16(29(4)28(2)3)23(17-7-5-8-17)18-9-6-10-21(12-18)26-15-22-19(13-25)11-20(24)14-27-22/h6,9-12,14,17,23,26H,1,5,7-8,13,15H2,2-4H3. The summed E-state index contributed by atoms with van der Waals surface area (Å²) in [6.07, 6.45) is 5.48. The highest BCUT2D eigenvalue weighted by molar-refractivity contribution is 9.10. The molecule has 1 saturated carbocycles. The largest absolute Gasteiger partial charge is 0.379 e. The van der Waals surface area contributed by atoms with Crippen LogP contribution >= 0.6 is 15.9 Å². The maximum Gasteiger partial charge on any atom is 0.116 e. The number of allylic oxidation sites excluding steroid dienone is 1. The Morgan fingerprint density at radius 2 is 2.07 bits per heavy atom. The van der Waals surface area contributed by atoms with Gasteiger partial charge in [-0.05, 0) is 58.5 Å². The van der Waals surface area contributed by atoms with Gasteiger partial charge in [0.1, 0.15) is 6.67 Å². The number of likely N-dealkylation sites (N-methyl/N-ethyl adjacent to an activating group) is 1. The third-order valence-electron chi connectivity index (χ3n) is 5.87. The zero-order valence-electron chi connectivity index (χ0n) is 17.5. The van der Waals surface area contributed by atoms with E-state index >= 15 is 0 Å². The highest BCUT2D eigenvalue weighted by atomic mass is 79.9. The molecule has 1 N–H and O–H groups in total. The van der Waals surface area contributed by atoms with Crippen molar-refractivity contribution in [3.8, 4) is 0 Å². The van der Waals surface area contributed by atoms with E-state index in [1.807, 2.05) is 20.2 Å². The van der Waals surface area contributed by atoms with Gasteiger partial charge < -0.3 is 10.3 Å². The van der Waals surface area contributed by atoms with E-state index in [9.17, 15) is 4.39 Å². The van der Waals surface area contributed by atoms with E-state index < -0.39 is 6.67 Å². The maximum absolute atomic E-state index is 13.3. The van der Waals surface area contributed by atoms with Crippen molar-refractivity contribution in [1.82, 2.24) is 15.0 Å². The molecule has 29 heavy (non-hydrogen) atoms. The second-order valence-corrected chi connectivity index (χ2v) is 8.82. The number of hydrogen-bond acceptors (Lipinski definition) is 4. The van der Waals surface area contributed by atoms with Gasteiger partial charge >= 0.3 is 0 Å². The smallest absolute Gasteiger partial charge is 0.116 e. The Bertz CT molecular complexity index is 851. The lowest BCUT2D eigenvalue weighted by atomic mass is 9.71. The Kier molecular flexibility index (Phi) is 7.30. The average molecular weight is 461 g/mol. The minimum atomic E-state index is -0.524. The first kappa shape index (κ1) is 21.8. The number of nitrogens with zero attached hydrogens (tertiary/aromatic N) is 3. The molecule has 0 amide bonds. The molecule has 1 aliphatic carbocycles. The molecular formula is C23H30BrFN4. The normalized spacial score (nSPS) is 15.1. The summed E-state index contributed by atoms with van der Waals surface area (Å²) >= 11 is 3.35.